The van der Waals surface area contributed by atoms with Gasteiger partial charge in [0.2, 0.25) is 11.8 Å². The average Bonchev–Trinajstić information content (AvgIpc) is 2.59. The molecule has 90 valence electrons. The molecule has 0 aromatic heterocycles. The van der Waals surface area contributed by atoms with Crippen molar-refractivity contribution in [3.63, 3.8) is 0 Å². The molecule has 0 spiro atoms. The molecule has 0 aliphatic carbocycles. The van der Waals surface area contributed by atoms with Gasteiger partial charge in [-0.1, -0.05) is 0 Å². The first-order chi connectivity index (χ1) is 7.54. The zero-order valence-electron chi connectivity index (χ0n) is 9.49. The molecule has 1 N–H and O–H groups in total. The summed E-state index contributed by atoms with van der Waals surface area (Å²) in [5.74, 6) is -0.915. The van der Waals surface area contributed by atoms with Gasteiger partial charge in [-0.3, -0.25) is 14.4 Å². The molecule has 1 unspecified atom stereocenters. The number of methoxy groups -OCH3 is 1. The van der Waals surface area contributed by atoms with Crippen LogP contribution in [0.15, 0.2) is 0 Å². The van der Waals surface area contributed by atoms with Gasteiger partial charge in [-0.05, 0) is 0 Å². The van der Waals surface area contributed by atoms with Crippen molar-refractivity contribution in [3.05, 3.63) is 0 Å². The summed E-state index contributed by atoms with van der Waals surface area (Å²) in [6.45, 7) is 2.65. The van der Waals surface area contributed by atoms with Crippen LogP contribution in [-0.4, -0.2) is 49.4 Å². The molecule has 1 rings (SSSR count). The van der Waals surface area contributed by atoms with Gasteiger partial charge in [0.05, 0.1) is 13.0 Å². The monoisotopic (exact) mass is 228 g/mol. The number of rotatable bonds is 4. The maximum absolute atomic E-state index is 11.5. The van der Waals surface area contributed by atoms with E-state index in [4.69, 9.17) is 0 Å². The van der Waals surface area contributed by atoms with E-state index in [1.165, 1.54) is 14.0 Å². The highest BCUT2D eigenvalue weighted by Crippen LogP contribution is 2.18. The minimum Gasteiger partial charge on any atom is -0.469 e. The molecule has 1 fully saturated rings. The third-order valence-corrected chi connectivity index (χ3v) is 2.50. The SMILES string of the molecule is COC(=O)C1CC(=O)N(CCNC(C)=O)C1. The summed E-state index contributed by atoms with van der Waals surface area (Å²) in [6.07, 6.45) is 0.201. The Balaban J connectivity index is 2.36. The van der Waals surface area contributed by atoms with E-state index < -0.39 is 0 Å². The van der Waals surface area contributed by atoms with E-state index in [-0.39, 0.29) is 30.1 Å². The zero-order valence-corrected chi connectivity index (χ0v) is 9.49. The van der Waals surface area contributed by atoms with Gasteiger partial charge in [0.15, 0.2) is 0 Å². The predicted molar refractivity (Wildman–Crippen MR) is 55.4 cm³/mol. The molecule has 1 aliphatic rings. The molecule has 1 atom stereocenters. The Labute approximate surface area is 93.9 Å². The topological polar surface area (TPSA) is 75.7 Å². The Morgan fingerprint density at radius 3 is 2.81 bits per heavy atom. The number of carbonyl (C=O) groups is 3. The normalized spacial score (nSPS) is 19.8. The average molecular weight is 228 g/mol. The molecular formula is C10H16N2O4. The number of likely N-dealkylation sites (tertiary alicyclic amines) is 1. The van der Waals surface area contributed by atoms with Crippen molar-refractivity contribution in [3.8, 4) is 0 Å². The molecular weight excluding hydrogens is 212 g/mol. The van der Waals surface area contributed by atoms with Crippen molar-refractivity contribution in [1.82, 2.24) is 10.2 Å². The van der Waals surface area contributed by atoms with Crippen LogP contribution in [0.3, 0.4) is 0 Å². The molecule has 0 radical (unpaired) electrons. The van der Waals surface area contributed by atoms with Gasteiger partial charge in [-0.2, -0.15) is 0 Å². The smallest absolute Gasteiger partial charge is 0.310 e. The van der Waals surface area contributed by atoms with Crippen molar-refractivity contribution in [2.75, 3.05) is 26.7 Å². The molecule has 0 aromatic carbocycles. The van der Waals surface area contributed by atoms with Gasteiger partial charge in [0.25, 0.3) is 0 Å². The van der Waals surface area contributed by atoms with E-state index in [2.05, 4.69) is 10.1 Å². The third kappa shape index (κ3) is 3.22. The maximum Gasteiger partial charge on any atom is 0.310 e. The van der Waals surface area contributed by atoms with Crippen LogP contribution in [0, 0.1) is 5.92 Å². The second-order valence-electron chi connectivity index (χ2n) is 3.75. The lowest BCUT2D eigenvalue weighted by atomic mass is 10.1. The molecule has 0 bridgehead atoms. The predicted octanol–water partition coefficient (Wildman–Crippen LogP) is -0.856. The molecule has 6 heteroatoms. The van der Waals surface area contributed by atoms with Gasteiger partial charge in [-0.15, -0.1) is 0 Å². The molecule has 0 aromatic rings. The van der Waals surface area contributed by atoms with E-state index in [1.807, 2.05) is 0 Å². The lowest BCUT2D eigenvalue weighted by Crippen LogP contribution is -2.35. The lowest BCUT2D eigenvalue weighted by molar-refractivity contribution is -0.145. The molecule has 1 heterocycles. The van der Waals surface area contributed by atoms with Crippen molar-refractivity contribution in [2.45, 2.75) is 13.3 Å². The van der Waals surface area contributed by atoms with Gasteiger partial charge in [0, 0.05) is 33.0 Å². The molecule has 1 saturated heterocycles. The Morgan fingerprint density at radius 2 is 2.25 bits per heavy atom. The summed E-state index contributed by atoms with van der Waals surface area (Å²) in [6, 6.07) is 0. The number of ether oxygens (including phenoxy) is 1. The first kappa shape index (κ1) is 12.5. The minimum absolute atomic E-state index is 0.0687. The van der Waals surface area contributed by atoms with Gasteiger partial charge >= 0.3 is 5.97 Å². The lowest BCUT2D eigenvalue weighted by Gasteiger charge is -2.15. The van der Waals surface area contributed by atoms with Crippen LogP contribution in [0.1, 0.15) is 13.3 Å². The van der Waals surface area contributed by atoms with Crippen molar-refractivity contribution >= 4 is 17.8 Å². The van der Waals surface area contributed by atoms with E-state index in [0.717, 1.165) is 0 Å². The van der Waals surface area contributed by atoms with Crippen LogP contribution >= 0.6 is 0 Å². The molecule has 2 amide bonds. The quantitative estimate of drug-likeness (QED) is 0.635. The van der Waals surface area contributed by atoms with Crippen LogP contribution < -0.4 is 5.32 Å². The van der Waals surface area contributed by atoms with Gasteiger partial charge in [-0.25, -0.2) is 0 Å². The van der Waals surface area contributed by atoms with Crippen LogP contribution in [0.25, 0.3) is 0 Å². The first-order valence-corrected chi connectivity index (χ1v) is 5.14. The summed E-state index contributed by atoms with van der Waals surface area (Å²) >= 11 is 0. The summed E-state index contributed by atoms with van der Waals surface area (Å²) in [5.41, 5.74) is 0. The highest BCUT2D eigenvalue weighted by atomic mass is 16.5. The number of nitrogens with one attached hydrogen (secondary N) is 1. The molecule has 1 aliphatic heterocycles. The summed E-state index contributed by atoms with van der Waals surface area (Å²) in [4.78, 5) is 34.9. The van der Waals surface area contributed by atoms with E-state index in [9.17, 15) is 14.4 Å². The fourth-order valence-corrected chi connectivity index (χ4v) is 1.68. The second kappa shape index (κ2) is 5.48. The Kier molecular flexibility index (Phi) is 4.28. The molecule has 6 nitrogen and oxygen atoms in total. The van der Waals surface area contributed by atoms with E-state index in [1.54, 1.807) is 4.90 Å². The molecule has 16 heavy (non-hydrogen) atoms. The number of amides is 2. The van der Waals surface area contributed by atoms with Crippen LogP contribution in [0.5, 0.6) is 0 Å². The fraction of sp³-hybridized carbons (Fsp3) is 0.700. The van der Waals surface area contributed by atoms with Crippen LogP contribution in [0.4, 0.5) is 0 Å². The number of hydrogen-bond acceptors (Lipinski definition) is 4. The van der Waals surface area contributed by atoms with E-state index in [0.29, 0.717) is 19.6 Å². The van der Waals surface area contributed by atoms with Crippen molar-refractivity contribution in [2.24, 2.45) is 5.92 Å². The molecule has 0 saturated carbocycles. The zero-order chi connectivity index (χ0) is 12.1. The summed E-state index contributed by atoms with van der Waals surface area (Å²) in [7, 11) is 1.31. The third-order valence-electron chi connectivity index (χ3n) is 2.50. The highest BCUT2D eigenvalue weighted by Gasteiger charge is 2.34. The van der Waals surface area contributed by atoms with E-state index >= 15 is 0 Å². The highest BCUT2D eigenvalue weighted by molar-refractivity contribution is 5.86. The Bertz CT molecular complexity index is 303. The number of esters is 1. The standard InChI is InChI=1S/C10H16N2O4/c1-7(13)11-3-4-12-6-8(5-9(12)14)10(15)16-2/h8H,3-6H2,1-2H3,(H,11,13). The number of carbonyl (C=O) groups excluding carboxylic acids is 3. The van der Waals surface area contributed by atoms with Gasteiger partial charge < -0.3 is 15.0 Å². The number of hydrogen-bond donors (Lipinski definition) is 1. The first-order valence-electron chi connectivity index (χ1n) is 5.14. The van der Waals surface area contributed by atoms with Gasteiger partial charge in [0.1, 0.15) is 0 Å². The van der Waals surface area contributed by atoms with Crippen molar-refractivity contribution in [1.29, 1.82) is 0 Å². The minimum atomic E-state index is -0.366. The van der Waals surface area contributed by atoms with Crippen molar-refractivity contribution < 1.29 is 19.1 Å². The maximum atomic E-state index is 11.5. The summed E-state index contributed by atoms with van der Waals surface area (Å²) in [5, 5.41) is 2.60. The van der Waals surface area contributed by atoms with Crippen LogP contribution in [-0.2, 0) is 19.1 Å². The largest absolute Gasteiger partial charge is 0.469 e. The second-order valence-corrected chi connectivity index (χ2v) is 3.75. The van der Waals surface area contributed by atoms with Crippen LogP contribution in [0.2, 0.25) is 0 Å². The summed E-state index contributed by atoms with van der Waals surface area (Å²) < 4.78 is 4.59. The fourth-order valence-electron chi connectivity index (χ4n) is 1.68. The Morgan fingerprint density at radius 1 is 1.56 bits per heavy atom. The number of nitrogens with zero attached hydrogens (tertiary/aromatic N) is 1. The Hall–Kier alpha value is -1.59.